The van der Waals surface area contributed by atoms with Gasteiger partial charge >= 0.3 is 5.97 Å². The first-order chi connectivity index (χ1) is 5.07. The molecule has 0 bridgehead atoms. The highest BCUT2D eigenvalue weighted by Gasteiger charge is 2.15. The van der Waals surface area contributed by atoms with Gasteiger partial charge in [0.05, 0.1) is 6.61 Å². The Labute approximate surface area is 64.5 Å². The lowest BCUT2D eigenvalue weighted by Gasteiger charge is -2.00. The number of carbonyl (C=O) groups excluding carboxylic acids is 2. The second kappa shape index (κ2) is 4.82. The van der Waals surface area contributed by atoms with Crippen LogP contribution in [0.15, 0.2) is 0 Å². The molecule has 11 heavy (non-hydrogen) atoms. The molecule has 0 aliphatic heterocycles. The second-order valence-corrected chi connectivity index (χ2v) is 2.06. The van der Waals surface area contributed by atoms with Gasteiger partial charge in [0.25, 0.3) is 0 Å². The van der Waals surface area contributed by atoms with Crippen molar-refractivity contribution in [2.45, 2.75) is 26.4 Å². The molecule has 0 aromatic heterocycles. The van der Waals surface area contributed by atoms with Crippen LogP contribution in [0, 0.1) is 0 Å². The second-order valence-electron chi connectivity index (χ2n) is 2.06. The van der Waals surface area contributed by atoms with Crippen molar-refractivity contribution in [3.05, 3.63) is 0 Å². The Hall–Kier alpha value is -0.930. The summed E-state index contributed by atoms with van der Waals surface area (Å²) in [6.07, 6.45) is -2.05. The molecule has 0 heterocycles. The highest BCUT2D eigenvalue weighted by Crippen LogP contribution is 1.96. The Bertz CT molecular complexity index is 154. The molecule has 0 radical (unpaired) electrons. The van der Waals surface area contributed by atoms with Crippen LogP contribution in [0.5, 0.6) is 0 Å². The molecule has 1 unspecified atom stereocenters. The van der Waals surface area contributed by atoms with Crippen molar-refractivity contribution >= 4 is 11.8 Å². The molecule has 0 aliphatic rings. The van der Waals surface area contributed by atoms with Crippen molar-refractivity contribution in [1.82, 2.24) is 0 Å². The van der Waals surface area contributed by atoms with E-state index < -0.39 is 24.3 Å². The molecular weight excluding hydrogens is 151 g/mol. The number of esters is 1. The van der Waals surface area contributed by atoms with E-state index in [2.05, 4.69) is 4.74 Å². The molecule has 0 fully saturated rings. The molecule has 0 rings (SSSR count). The molecule has 0 amide bonds. The van der Waals surface area contributed by atoms with Gasteiger partial charge in [0.15, 0.2) is 12.0 Å². The topological polar surface area (TPSA) is 43.4 Å². The maximum absolute atomic E-state index is 12.1. The zero-order valence-electron chi connectivity index (χ0n) is 6.59. The van der Waals surface area contributed by atoms with Crippen molar-refractivity contribution in [1.29, 1.82) is 0 Å². The van der Waals surface area contributed by atoms with Crippen molar-refractivity contribution in [3.8, 4) is 0 Å². The lowest BCUT2D eigenvalue weighted by atomic mass is 10.2. The van der Waals surface area contributed by atoms with E-state index in [9.17, 15) is 14.0 Å². The summed E-state index contributed by atoms with van der Waals surface area (Å²) in [7, 11) is 0. The molecule has 0 aromatic rings. The minimum absolute atomic E-state index is 0.215. The number of hydrogen-bond acceptors (Lipinski definition) is 3. The number of hydrogen-bond donors (Lipinski definition) is 0. The van der Waals surface area contributed by atoms with E-state index in [4.69, 9.17) is 0 Å². The molecule has 0 aliphatic carbocycles. The van der Waals surface area contributed by atoms with Crippen molar-refractivity contribution in [3.63, 3.8) is 0 Å². The first-order valence-corrected chi connectivity index (χ1v) is 3.40. The molecule has 0 spiro atoms. The summed E-state index contributed by atoms with van der Waals surface area (Å²) in [5, 5.41) is 0. The normalized spacial score (nSPS) is 12.3. The van der Waals surface area contributed by atoms with Crippen LogP contribution in [-0.4, -0.2) is 24.5 Å². The van der Waals surface area contributed by atoms with E-state index in [1.54, 1.807) is 6.92 Å². The van der Waals surface area contributed by atoms with Gasteiger partial charge in [-0.3, -0.25) is 9.59 Å². The maximum atomic E-state index is 12.1. The smallest absolute Gasteiger partial charge is 0.313 e. The molecular formula is C7H11FO3. The van der Waals surface area contributed by atoms with Crippen molar-refractivity contribution in [2.75, 3.05) is 6.61 Å². The summed E-state index contributed by atoms with van der Waals surface area (Å²) in [6, 6.07) is 0. The number of halogens is 1. The third-order valence-corrected chi connectivity index (χ3v) is 1.07. The number of carbonyl (C=O) groups is 2. The Morgan fingerprint density at radius 3 is 2.45 bits per heavy atom. The van der Waals surface area contributed by atoms with Gasteiger partial charge < -0.3 is 4.74 Å². The van der Waals surface area contributed by atoms with Gasteiger partial charge in [-0.15, -0.1) is 0 Å². The quantitative estimate of drug-likeness (QED) is 0.455. The van der Waals surface area contributed by atoms with Crippen LogP contribution in [0.3, 0.4) is 0 Å². The minimum Gasteiger partial charge on any atom is -0.466 e. The van der Waals surface area contributed by atoms with E-state index in [0.717, 1.165) is 6.92 Å². The average Bonchev–Trinajstić information content (AvgIpc) is 1.87. The van der Waals surface area contributed by atoms with Gasteiger partial charge in [-0.05, 0) is 13.8 Å². The maximum Gasteiger partial charge on any atom is 0.313 e. The first-order valence-electron chi connectivity index (χ1n) is 3.40. The standard InChI is InChI=1S/C7H11FO3/c1-3-11-7(10)4-6(9)5(2)8/h5H,3-4H2,1-2H3. The van der Waals surface area contributed by atoms with E-state index >= 15 is 0 Å². The van der Waals surface area contributed by atoms with E-state index in [1.165, 1.54) is 0 Å². The van der Waals surface area contributed by atoms with Crippen LogP contribution in [-0.2, 0) is 14.3 Å². The molecule has 0 saturated carbocycles. The molecule has 64 valence electrons. The molecule has 3 nitrogen and oxygen atoms in total. The summed E-state index contributed by atoms with van der Waals surface area (Å²) >= 11 is 0. The first kappa shape index (κ1) is 10.1. The SMILES string of the molecule is CCOC(=O)CC(=O)C(C)F. The fraction of sp³-hybridized carbons (Fsp3) is 0.714. The highest BCUT2D eigenvalue weighted by atomic mass is 19.1. The van der Waals surface area contributed by atoms with Crippen LogP contribution >= 0.6 is 0 Å². The lowest BCUT2D eigenvalue weighted by molar-refractivity contribution is -0.146. The van der Waals surface area contributed by atoms with E-state index in [0.29, 0.717) is 0 Å². The summed E-state index contributed by atoms with van der Waals surface area (Å²) in [4.78, 5) is 21.1. The number of ether oxygens (including phenoxy) is 1. The van der Waals surface area contributed by atoms with Gasteiger partial charge in [-0.2, -0.15) is 0 Å². The van der Waals surface area contributed by atoms with Gasteiger partial charge in [0.1, 0.15) is 6.42 Å². The van der Waals surface area contributed by atoms with Gasteiger partial charge in [0.2, 0.25) is 0 Å². The number of alkyl halides is 1. The molecule has 0 N–H and O–H groups in total. The van der Waals surface area contributed by atoms with E-state index in [-0.39, 0.29) is 6.61 Å². The Morgan fingerprint density at radius 1 is 1.55 bits per heavy atom. The third-order valence-electron chi connectivity index (χ3n) is 1.07. The Morgan fingerprint density at radius 2 is 2.09 bits per heavy atom. The molecule has 0 aromatic carbocycles. The predicted molar refractivity (Wildman–Crippen MR) is 36.8 cm³/mol. The molecule has 0 saturated heterocycles. The van der Waals surface area contributed by atoms with E-state index in [1.807, 2.05) is 0 Å². The largest absolute Gasteiger partial charge is 0.466 e. The lowest BCUT2D eigenvalue weighted by Crippen LogP contribution is -2.17. The van der Waals surface area contributed by atoms with Crippen molar-refractivity contribution < 1.29 is 18.7 Å². The Balaban J connectivity index is 3.67. The highest BCUT2D eigenvalue weighted by molar-refractivity contribution is 5.97. The zero-order valence-corrected chi connectivity index (χ0v) is 6.59. The van der Waals surface area contributed by atoms with Gasteiger partial charge in [0, 0.05) is 0 Å². The van der Waals surface area contributed by atoms with Crippen LogP contribution in [0.2, 0.25) is 0 Å². The zero-order chi connectivity index (χ0) is 8.85. The van der Waals surface area contributed by atoms with Crippen LogP contribution < -0.4 is 0 Å². The fourth-order valence-corrected chi connectivity index (χ4v) is 0.495. The average molecular weight is 162 g/mol. The third kappa shape index (κ3) is 4.47. The van der Waals surface area contributed by atoms with Gasteiger partial charge in [-0.25, -0.2) is 4.39 Å². The number of Topliss-reactive ketones (excluding diaryl/α,β-unsaturated/α-hetero) is 1. The number of rotatable bonds is 4. The van der Waals surface area contributed by atoms with Crippen LogP contribution in [0.1, 0.15) is 20.3 Å². The van der Waals surface area contributed by atoms with Crippen LogP contribution in [0.25, 0.3) is 0 Å². The number of ketones is 1. The molecule has 1 atom stereocenters. The monoisotopic (exact) mass is 162 g/mol. The summed E-state index contributed by atoms with van der Waals surface area (Å²) < 4.78 is 16.6. The predicted octanol–water partition coefficient (Wildman–Crippen LogP) is 0.867. The summed E-state index contributed by atoms with van der Waals surface area (Å²) in [5.41, 5.74) is 0. The van der Waals surface area contributed by atoms with Crippen molar-refractivity contribution in [2.24, 2.45) is 0 Å². The Kier molecular flexibility index (Phi) is 4.41. The summed E-state index contributed by atoms with van der Waals surface area (Å²) in [5.74, 6) is -1.40. The summed E-state index contributed by atoms with van der Waals surface area (Å²) in [6.45, 7) is 2.94. The van der Waals surface area contributed by atoms with Gasteiger partial charge in [-0.1, -0.05) is 0 Å². The molecule has 4 heteroatoms. The minimum atomic E-state index is -1.58. The fourth-order valence-electron chi connectivity index (χ4n) is 0.495. The van der Waals surface area contributed by atoms with Crippen LogP contribution in [0.4, 0.5) is 4.39 Å².